The number of nitrogens with zero attached hydrogens (tertiary/aromatic N) is 1. The van der Waals surface area contributed by atoms with Crippen molar-refractivity contribution in [3.8, 4) is 5.75 Å². The zero-order valence-electron chi connectivity index (χ0n) is 11.8. The first-order valence-electron chi connectivity index (χ1n) is 6.50. The highest BCUT2D eigenvalue weighted by Crippen LogP contribution is 2.17. The summed E-state index contributed by atoms with van der Waals surface area (Å²) in [5, 5.41) is 0.604. The zero-order chi connectivity index (χ0) is 16.1. The molecule has 0 saturated carbocycles. The predicted molar refractivity (Wildman–Crippen MR) is 80.3 cm³/mol. The maximum absolute atomic E-state index is 12.3. The van der Waals surface area contributed by atoms with Gasteiger partial charge in [-0.25, -0.2) is 0 Å². The number of carbonyl (C=O) groups excluding carboxylic acids is 1. The molecule has 0 aliphatic heterocycles. The molecule has 0 spiro atoms. The second kappa shape index (κ2) is 7.22. The fourth-order valence-electron chi connectivity index (χ4n) is 1.98. The highest BCUT2D eigenvalue weighted by Gasteiger charge is 2.13. The van der Waals surface area contributed by atoms with Crippen LogP contribution in [0.1, 0.15) is 15.9 Å². The van der Waals surface area contributed by atoms with Gasteiger partial charge >= 0.3 is 6.61 Å². The van der Waals surface area contributed by atoms with Gasteiger partial charge in [-0.15, -0.1) is 0 Å². The number of benzene rings is 2. The highest BCUT2D eigenvalue weighted by atomic mass is 35.5. The van der Waals surface area contributed by atoms with Crippen LogP contribution in [-0.4, -0.2) is 24.5 Å². The molecule has 0 aliphatic rings. The molecule has 0 heterocycles. The summed E-state index contributed by atoms with van der Waals surface area (Å²) in [6.07, 6.45) is 0. The Hall–Kier alpha value is -2.14. The van der Waals surface area contributed by atoms with Crippen molar-refractivity contribution >= 4 is 17.5 Å². The molecule has 0 N–H and O–H groups in total. The monoisotopic (exact) mass is 325 g/mol. The molecule has 0 unspecified atom stereocenters. The molecule has 0 aromatic heterocycles. The average Bonchev–Trinajstić information content (AvgIpc) is 2.46. The molecular formula is C16H14ClF2NO2. The van der Waals surface area contributed by atoms with E-state index in [0.717, 1.165) is 5.56 Å². The number of amides is 1. The summed E-state index contributed by atoms with van der Waals surface area (Å²) in [7, 11) is 1.66. The Bertz CT molecular complexity index is 647. The van der Waals surface area contributed by atoms with Crippen molar-refractivity contribution < 1.29 is 18.3 Å². The predicted octanol–water partition coefficient (Wildman–Crippen LogP) is 4.21. The van der Waals surface area contributed by atoms with Gasteiger partial charge < -0.3 is 9.64 Å². The maximum Gasteiger partial charge on any atom is 0.387 e. The highest BCUT2D eigenvalue weighted by molar-refractivity contribution is 6.30. The third-order valence-electron chi connectivity index (χ3n) is 2.98. The first kappa shape index (κ1) is 16.2. The van der Waals surface area contributed by atoms with E-state index in [-0.39, 0.29) is 11.7 Å². The van der Waals surface area contributed by atoms with Gasteiger partial charge in [-0.05, 0) is 42.0 Å². The van der Waals surface area contributed by atoms with E-state index in [2.05, 4.69) is 4.74 Å². The first-order valence-corrected chi connectivity index (χ1v) is 6.88. The fraction of sp³-hybridized carbons (Fsp3) is 0.188. The minimum Gasteiger partial charge on any atom is -0.435 e. The summed E-state index contributed by atoms with van der Waals surface area (Å²) in [4.78, 5) is 13.8. The van der Waals surface area contributed by atoms with Gasteiger partial charge in [0.25, 0.3) is 5.91 Å². The zero-order valence-corrected chi connectivity index (χ0v) is 12.6. The minimum absolute atomic E-state index is 0.0176. The summed E-state index contributed by atoms with van der Waals surface area (Å²) in [5.41, 5.74) is 1.30. The van der Waals surface area contributed by atoms with Crippen LogP contribution < -0.4 is 4.74 Å². The Morgan fingerprint density at radius 3 is 2.50 bits per heavy atom. The van der Waals surface area contributed by atoms with E-state index in [9.17, 15) is 13.6 Å². The van der Waals surface area contributed by atoms with Gasteiger partial charge in [-0.2, -0.15) is 8.78 Å². The van der Waals surface area contributed by atoms with Crippen molar-refractivity contribution in [2.75, 3.05) is 7.05 Å². The third-order valence-corrected chi connectivity index (χ3v) is 3.22. The lowest BCUT2D eigenvalue weighted by Gasteiger charge is -2.17. The Morgan fingerprint density at radius 1 is 1.23 bits per heavy atom. The number of alkyl halides is 2. The van der Waals surface area contributed by atoms with Crippen molar-refractivity contribution in [1.82, 2.24) is 4.90 Å². The summed E-state index contributed by atoms with van der Waals surface area (Å²) >= 11 is 5.91. The molecule has 0 radical (unpaired) electrons. The Kier molecular flexibility index (Phi) is 5.33. The molecule has 0 aliphatic carbocycles. The number of ether oxygens (including phenoxy) is 1. The molecule has 0 atom stereocenters. The quantitative estimate of drug-likeness (QED) is 0.824. The number of hydrogen-bond acceptors (Lipinski definition) is 2. The van der Waals surface area contributed by atoms with E-state index in [1.165, 1.54) is 29.2 Å². The van der Waals surface area contributed by atoms with Crippen LogP contribution in [0.5, 0.6) is 5.75 Å². The molecule has 2 aromatic carbocycles. The molecule has 0 fully saturated rings. The molecule has 0 bridgehead atoms. The van der Waals surface area contributed by atoms with Crippen molar-refractivity contribution in [3.63, 3.8) is 0 Å². The van der Waals surface area contributed by atoms with Crippen LogP contribution in [0.25, 0.3) is 0 Å². The maximum atomic E-state index is 12.3. The van der Waals surface area contributed by atoms with E-state index >= 15 is 0 Å². The van der Waals surface area contributed by atoms with Gasteiger partial charge in [-0.1, -0.05) is 23.7 Å². The van der Waals surface area contributed by atoms with E-state index in [1.54, 1.807) is 19.2 Å². The Morgan fingerprint density at radius 2 is 1.91 bits per heavy atom. The summed E-state index contributed by atoms with van der Waals surface area (Å²) in [6.45, 7) is -2.48. The van der Waals surface area contributed by atoms with E-state index < -0.39 is 6.61 Å². The van der Waals surface area contributed by atoms with Crippen LogP contribution in [0.2, 0.25) is 5.02 Å². The van der Waals surface area contributed by atoms with Gasteiger partial charge in [0.05, 0.1) is 0 Å². The smallest absolute Gasteiger partial charge is 0.387 e. The third kappa shape index (κ3) is 4.43. The van der Waals surface area contributed by atoms with E-state index in [1.807, 2.05) is 12.1 Å². The second-order valence-corrected chi connectivity index (χ2v) is 5.13. The molecule has 2 aromatic rings. The van der Waals surface area contributed by atoms with Crippen LogP contribution in [0, 0.1) is 0 Å². The van der Waals surface area contributed by atoms with Crippen LogP contribution in [0.4, 0.5) is 8.78 Å². The molecule has 6 heteroatoms. The Balaban J connectivity index is 2.04. The second-order valence-electron chi connectivity index (χ2n) is 4.69. The number of hydrogen-bond donors (Lipinski definition) is 0. The van der Waals surface area contributed by atoms with E-state index in [0.29, 0.717) is 17.1 Å². The number of halogens is 3. The topological polar surface area (TPSA) is 29.5 Å². The minimum atomic E-state index is -2.88. The molecule has 1 amide bonds. The van der Waals surface area contributed by atoms with Crippen LogP contribution in [0.15, 0.2) is 48.5 Å². The molecule has 0 saturated heterocycles. The number of rotatable bonds is 5. The Labute approximate surface area is 132 Å². The van der Waals surface area contributed by atoms with Gasteiger partial charge in [0, 0.05) is 24.2 Å². The number of carbonyl (C=O) groups is 1. The van der Waals surface area contributed by atoms with Crippen LogP contribution >= 0.6 is 11.6 Å². The van der Waals surface area contributed by atoms with E-state index in [4.69, 9.17) is 11.6 Å². The largest absolute Gasteiger partial charge is 0.435 e. The first-order chi connectivity index (χ1) is 10.5. The lowest BCUT2D eigenvalue weighted by molar-refractivity contribution is -0.0498. The summed E-state index contributed by atoms with van der Waals surface area (Å²) in [5.74, 6) is -0.201. The molecule has 2 rings (SSSR count). The average molecular weight is 326 g/mol. The lowest BCUT2D eigenvalue weighted by atomic mass is 10.1. The van der Waals surface area contributed by atoms with Crippen molar-refractivity contribution in [1.29, 1.82) is 0 Å². The summed E-state index contributed by atoms with van der Waals surface area (Å²) in [6, 6.07) is 12.8. The molecule has 22 heavy (non-hydrogen) atoms. The molecule has 116 valence electrons. The van der Waals surface area contributed by atoms with Gasteiger partial charge in [0.2, 0.25) is 0 Å². The van der Waals surface area contributed by atoms with Crippen LogP contribution in [0.3, 0.4) is 0 Å². The molecular weight excluding hydrogens is 312 g/mol. The normalized spacial score (nSPS) is 10.6. The fourth-order valence-corrected chi connectivity index (χ4v) is 2.19. The SMILES string of the molecule is CN(Cc1cccc(Cl)c1)C(=O)c1ccc(OC(F)F)cc1. The summed E-state index contributed by atoms with van der Waals surface area (Å²) < 4.78 is 28.4. The van der Waals surface area contributed by atoms with Gasteiger partial charge in [0.15, 0.2) is 0 Å². The van der Waals surface area contributed by atoms with Crippen molar-refractivity contribution in [2.45, 2.75) is 13.2 Å². The van der Waals surface area contributed by atoms with Crippen LogP contribution in [-0.2, 0) is 6.54 Å². The van der Waals surface area contributed by atoms with Crippen molar-refractivity contribution in [2.24, 2.45) is 0 Å². The standard InChI is InChI=1S/C16H14ClF2NO2/c1-20(10-11-3-2-4-13(17)9-11)15(21)12-5-7-14(8-6-12)22-16(18)19/h2-9,16H,10H2,1H3. The van der Waals surface area contributed by atoms with Gasteiger partial charge in [-0.3, -0.25) is 4.79 Å². The molecule has 3 nitrogen and oxygen atoms in total. The lowest BCUT2D eigenvalue weighted by Crippen LogP contribution is -2.26. The van der Waals surface area contributed by atoms with Gasteiger partial charge in [0.1, 0.15) is 5.75 Å². The van der Waals surface area contributed by atoms with Crippen molar-refractivity contribution in [3.05, 3.63) is 64.7 Å².